The molecule has 1 aliphatic carbocycles. The van der Waals surface area contributed by atoms with Crippen LogP contribution in [0.25, 0.3) is 0 Å². The van der Waals surface area contributed by atoms with E-state index in [4.69, 9.17) is 17.3 Å². The Morgan fingerprint density at radius 3 is 2.39 bits per heavy atom. The molecule has 0 radical (unpaired) electrons. The molecule has 0 aliphatic heterocycles. The van der Waals surface area contributed by atoms with Crippen LogP contribution in [0, 0.1) is 0 Å². The third-order valence-corrected chi connectivity index (χ3v) is 6.15. The first-order chi connectivity index (χ1) is 8.66. The average Bonchev–Trinajstić information content (AvgIpc) is 2.87. The summed E-state index contributed by atoms with van der Waals surface area (Å²) in [5.41, 5.74) is 7.57. The highest BCUT2D eigenvalue weighted by molar-refractivity contribution is 8.01. The van der Waals surface area contributed by atoms with E-state index in [1.807, 2.05) is 0 Å². The van der Waals surface area contributed by atoms with Crippen molar-refractivity contribution in [2.75, 3.05) is 19.1 Å². The Bertz CT molecular complexity index is 428. The lowest BCUT2D eigenvalue weighted by Gasteiger charge is -2.29. The summed E-state index contributed by atoms with van der Waals surface area (Å²) >= 11 is 9.93. The molecule has 0 amide bonds. The van der Waals surface area contributed by atoms with Gasteiger partial charge in [0.05, 0.1) is 5.02 Å². The van der Waals surface area contributed by atoms with Gasteiger partial charge in [0.25, 0.3) is 0 Å². The highest BCUT2D eigenvalue weighted by atomic mass is 35.5. The summed E-state index contributed by atoms with van der Waals surface area (Å²) in [7, 11) is 0. The standard InChI is InChI=1S/C14H20ClNS2/c1-17-12-8-10(7-11(15)13(12)18-2)14(9-16)5-3-4-6-14/h7-8H,3-6,9,16H2,1-2H3. The Morgan fingerprint density at radius 1 is 1.22 bits per heavy atom. The minimum Gasteiger partial charge on any atom is -0.330 e. The number of rotatable bonds is 4. The van der Waals surface area contributed by atoms with Crippen molar-refractivity contribution >= 4 is 35.1 Å². The molecule has 1 aliphatic rings. The van der Waals surface area contributed by atoms with Crippen molar-refractivity contribution in [3.63, 3.8) is 0 Å². The summed E-state index contributed by atoms with van der Waals surface area (Å²) in [5, 5.41) is 0.879. The van der Waals surface area contributed by atoms with Gasteiger partial charge in [-0.1, -0.05) is 24.4 Å². The summed E-state index contributed by atoms with van der Waals surface area (Å²) < 4.78 is 0. The van der Waals surface area contributed by atoms with Gasteiger partial charge in [-0.3, -0.25) is 0 Å². The van der Waals surface area contributed by atoms with Gasteiger partial charge in [-0.15, -0.1) is 23.5 Å². The minimum atomic E-state index is 0.172. The Morgan fingerprint density at radius 2 is 1.89 bits per heavy atom. The van der Waals surface area contributed by atoms with Crippen LogP contribution in [0.15, 0.2) is 21.9 Å². The summed E-state index contributed by atoms with van der Waals surface area (Å²) in [5.74, 6) is 0. The van der Waals surface area contributed by atoms with E-state index >= 15 is 0 Å². The molecule has 1 nitrogen and oxygen atoms in total. The van der Waals surface area contributed by atoms with Gasteiger partial charge in [0.15, 0.2) is 0 Å². The highest BCUT2D eigenvalue weighted by Crippen LogP contribution is 2.44. The molecule has 0 aromatic heterocycles. The predicted octanol–water partition coefficient (Wildman–Crippen LogP) is 4.55. The average molecular weight is 302 g/mol. The molecule has 0 atom stereocenters. The van der Waals surface area contributed by atoms with Crippen molar-refractivity contribution in [3.8, 4) is 0 Å². The second kappa shape index (κ2) is 6.08. The molecule has 0 saturated heterocycles. The Kier molecular flexibility index (Phi) is 4.92. The number of hydrogen-bond acceptors (Lipinski definition) is 3. The van der Waals surface area contributed by atoms with Gasteiger partial charge < -0.3 is 5.73 Å². The van der Waals surface area contributed by atoms with E-state index in [1.165, 1.54) is 41.0 Å². The molecule has 2 N–H and O–H groups in total. The first-order valence-corrected chi connectivity index (χ1v) is 9.11. The van der Waals surface area contributed by atoms with Crippen molar-refractivity contribution < 1.29 is 0 Å². The van der Waals surface area contributed by atoms with Crippen LogP contribution < -0.4 is 5.73 Å². The molecule has 100 valence electrons. The van der Waals surface area contributed by atoms with E-state index in [-0.39, 0.29) is 5.41 Å². The van der Waals surface area contributed by atoms with E-state index in [0.29, 0.717) is 0 Å². The summed E-state index contributed by atoms with van der Waals surface area (Å²) in [6.45, 7) is 0.732. The molecule has 1 aromatic carbocycles. The summed E-state index contributed by atoms with van der Waals surface area (Å²) in [6.07, 6.45) is 9.16. The van der Waals surface area contributed by atoms with Crippen molar-refractivity contribution in [3.05, 3.63) is 22.7 Å². The molecular formula is C14H20ClNS2. The number of nitrogens with two attached hydrogens (primary N) is 1. The van der Waals surface area contributed by atoms with Gasteiger partial charge in [-0.25, -0.2) is 0 Å². The third kappa shape index (κ3) is 2.55. The van der Waals surface area contributed by atoms with Gasteiger partial charge in [-0.05, 0) is 43.0 Å². The first-order valence-electron chi connectivity index (χ1n) is 6.29. The SMILES string of the molecule is CSc1cc(C2(CN)CCCC2)cc(Cl)c1SC. The van der Waals surface area contributed by atoms with Gasteiger partial charge in [0.1, 0.15) is 0 Å². The quantitative estimate of drug-likeness (QED) is 0.826. The molecule has 4 heteroatoms. The van der Waals surface area contributed by atoms with Crippen molar-refractivity contribution in [1.29, 1.82) is 0 Å². The zero-order chi connectivity index (χ0) is 13.2. The molecule has 0 unspecified atom stereocenters. The van der Waals surface area contributed by atoms with E-state index < -0.39 is 0 Å². The second-order valence-electron chi connectivity index (χ2n) is 4.89. The van der Waals surface area contributed by atoms with Gasteiger partial charge in [0.2, 0.25) is 0 Å². The number of benzene rings is 1. The van der Waals surface area contributed by atoms with Crippen molar-refractivity contribution in [2.45, 2.75) is 40.9 Å². The smallest absolute Gasteiger partial charge is 0.0556 e. The molecular weight excluding hydrogens is 282 g/mol. The highest BCUT2D eigenvalue weighted by Gasteiger charge is 2.35. The van der Waals surface area contributed by atoms with Crippen LogP contribution in [0.3, 0.4) is 0 Å². The maximum atomic E-state index is 6.44. The molecule has 2 rings (SSSR count). The van der Waals surface area contributed by atoms with Gasteiger partial charge in [-0.2, -0.15) is 0 Å². The second-order valence-corrected chi connectivity index (χ2v) is 6.96. The fraction of sp³-hybridized carbons (Fsp3) is 0.571. The fourth-order valence-corrected chi connectivity index (χ4v) is 4.95. The van der Waals surface area contributed by atoms with Crippen LogP contribution >= 0.6 is 35.1 Å². The van der Waals surface area contributed by atoms with E-state index in [2.05, 4.69) is 24.6 Å². The number of hydrogen-bond donors (Lipinski definition) is 1. The van der Waals surface area contributed by atoms with E-state index in [1.54, 1.807) is 23.5 Å². The normalized spacial score (nSPS) is 18.2. The van der Waals surface area contributed by atoms with Crippen LogP contribution in [-0.2, 0) is 5.41 Å². The fourth-order valence-electron chi connectivity index (χ4n) is 2.89. The van der Waals surface area contributed by atoms with E-state index in [9.17, 15) is 0 Å². The number of halogens is 1. The predicted molar refractivity (Wildman–Crippen MR) is 84.2 cm³/mol. The first kappa shape index (κ1) is 14.6. The zero-order valence-corrected chi connectivity index (χ0v) is 13.4. The maximum Gasteiger partial charge on any atom is 0.0556 e. The van der Waals surface area contributed by atoms with Crippen LogP contribution in [0.4, 0.5) is 0 Å². The molecule has 18 heavy (non-hydrogen) atoms. The molecule has 0 bridgehead atoms. The topological polar surface area (TPSA) is 26.0 Å². The largest absolute Gasteiger partial charge is 0.330 e. The van der Waals surface area contributed by atoms with E-state index in [0.717, 1.165) is 11.6 Å². The van der Waals surface area contributed by atoms with Crippen LogP contribution in [0.5, 0.6) is 0 Å². The van der Waals surface area contributed by atoms with Crippen LogP contribution in [0.1, 0.15) is 31.2 Å². The molecule has 0 heterocycles. The maximum absolute atomic E-state index is 6.44. The van der Waals surface area contributed by atoms with Crippen LogP contribution in [0.2, 0.25) is 5.02 Å². The molecule has 1 aromatic rings. The monoisotopic (exact) mass is 301 g/mol. The lowest BCUT2D eigenvalue weighted by atomic mass is 9.79. The number of thioether (sulfide) groups is 2. The Balaban J connectivity index is 2.48. The van der Waals surface area contributed by atoms with Crippen molar-refractivity contribution in [1.82, 2.24) is 0 Å². The molecule has 1 saturated carbocycles. The Labute approximate surface area is 123 Å². The van der Waals surface area contributed by atoms with Crippen molar-refractivity contribution in [2.24, 2.45) is 5.73 Å². The molecule has 0 spiro atoms. The van der Waals surface area contributed by atoms with Gasteiger partial charge >= 0.3 is 0 Å². The summed E-state index contributed by atoms with van der Waals surface area (Å²) in [6, 6.07) is 4.45. The third-order valence-electron chi connectivity index (χ3n) is 4.00. The molecule has 1 fully saturated rings. The summed E-state index contributed by atoms with van der Waals surface area (Å²) in [4.78, 5) is 2.47. The lowest BCUT2D eigenvalue weighted by Crippen LogP contribution is -2.32. The Hall–Kier alpha value is 0.170. The van der Waals surface area contributed by atoms with Gasteiger partial charge in [0, 0.05) is 21.8 Å². The minimum absolute atomic E-state index is 0.172. The van der Waals surface area contributed by atoms with Crippen LogP contribution in [-0.4, -0.2) is 19.1 Å². The lowest BCUT2D eigenvalue weighted by molar-refractivity contribution is 0.452. The zero-order valence-electron chi connectivity index (χ0n) is 11.0.